The van der Waals surface area contributed by atoms with E-state index in [0.29, 0.717) is 6.61 Å². The van der Waals surface area contributed by atoms with Gasteiger partial charge in [0.05, 0.1) is 6.61 Å². The molecule has 4 nitrogen and oxygen atoms in total. The normalized spacial score (nSPS) is 14.5. The standard InChI is InChI=1S/C11H15NO3/c1-8(10(12)11(13)14)15-7-9-5-3-2-4-6-9/h2-6,8,10H,7,12H2,1H3,(H,13,14)/t8-,10+/m0/s1. The van der Waals surface area contributed by atoms with Crippen LogP contribution in [0.25, 0.3) is 0 Å². The van der Waals surface area contributed by atoms with Crippen molar-refractivity contribution in [1.29, 1.82) is 0 Å². The maximum Gasteiger partial charge on any atom is 0.151 e. The zero-order valence-electron chi connectivity index (χ0n) is 8.68. The predicted molar refractivity (Wildman–Crippen MR) is 52.4 cm³/mol. The van der Waals surface area contributed by atoms with E-state index in [1.54, 1.807) is 6.92 Å². The van der Waals surface area contributed by atoms with Gasteiger partial charge in [0.15, 0.2) is 6.04 Å². The quantitative estimate of drug-likeness (QED) is 0.672. The van der Waals surface area contributed by atoms with Crippen LogP contribution < -0.4 is 10.8 Å². The third kappa shape index (κ3) is 3.69. The fraction of sp³-hybridized carbons (Fsp3) is 0.364. The first kappa shape index (κ1) is 11.7. The number of carboxylic acid groups (broad SMARTS) is 1. The highest BCUT2D eigenvalue weighted by Crippen LogP contribution is 2.04. The Morgan fingerprint density at radius 3 is 2.60 bits per heavy atom. The molecule has 0 aliphatic heterocycles. The molecule has 0 heterocycles. The maximum atomic E-state index is 10.5. The number of carbonyl (C=O) groups excluding carboxylic acids is 1. The van der Waals surface area contributed by atoms with Gasteiger partial charge in [0.2, 0.25) is 0 Å². The van der Waals surface area contributed by atoms with Gasteiger partial charge in [-0.3, -0.25) is 0 Å². The van der Waals surface area contributed by atoms with E-state index < -0.39 is 18.1 Å². The molecule has 0 fully saturated rings. The van der Waals surface area contributed by atoms with Gasteiger partial charge in [-0.1, -0.05) is 30.3 Å². The Hall–Kier alpha value is -1.39. The Balaban J connectivity index is 2.41. The van der Waals surface area contributed by atoms with Gasteiger partial charge in [-0.2, -0.15) is 0 Å². The maximum absolute atomic E-state index is 10.5. The Morgan fingerprint density at radius 1 is 1.47 bits per heavy atom. The molecule has 0 aliphatic carbocycles. The van der Waals surface area contributed by atoms with Crippen LogP contribution in [-0.4, -0.2) is 18.1 Å². The lowest BCUT2D eigenvalue weighted by molar-refractivity contribution is -0.452. The molecule has 3 N–H and O–H groups in total. The van der Waals surface area contributed by atoms with Crippen molar-refractivity contribution in [2.24, 2.45) is 0 Å². The minimum Gasteiger partial charge on any atom is -0.544 e. The first-order chi connectivity index (χ1) is 7.11. The summed E-state index contributed by atoms with van der Waals surface area (Å²) >= 11 is 0. The minimum atomic E-state index is -1.18. The second kappa shape index (κ2) is 5.48. The molecule has 1 rings (SSSR count). The summed E-state index contributed by atoms with van der Waals surface area (Å²) in [5, 5.41) is 10.5. The Bertz CT molecular complexity index is 313. The number of rotatable bonds is 5. The summed E-state index contributed by atoms with van der Waals surface area (Å²) < 4.78 is 5.37. The molecular formula is C11H15NO3. The zero-order chi connectivity index (χ0) is 11.3. The van der Waals surface area contributed by atoms with Gasteiger partial charge in [0.1, 0.15) is 12.1 Å². The molecule has 0 spiro atoms. The molecule has 2 atom stereocenters. The van der Waals surface area contributed by atoms with Crippen molar-refractivity contribution >= 4 is 5.97 Å². The second-order valence-electron chi connectivity index (χ2n) is 3.43. The van der Waals surface area contributed by atoms with E-state index in [9.17, 15) is 9.90 Å². The van der Waals surface area contributed by atoms with Crippen LogP contribution in [0.2, 0.25) is 0 Å². The third-order valence-electron chi connectivity index (χ3n) is 2.23. The van der Waals surface area contributed by atoms with Crippen LogP contribution >= 0.6 is 0 Å². The van der Waals surface area contributed by atoms with E-state index in [2.05, 4.69) is 5.73 Å². The first-order valence-electron chi connectivity index (χ1n) is 4.80. The summed E-state index contributed by atoms with van der Waals surface area (Å²) in [7, 11) is 0. The lowest BCUT2D eigenvalue weighted by atomic mass is 10.2. The van der Waals surface area contributed by atoms with Crippen molar-refractivity contribution in [2.45, 2.75) is 25.7 Å². The average Bonchev–Trinajstić information content (AvgIpc) is 2.26. The number of ether oxygens (including phenoxy) is 1. The molecular weight excluding hydrogens is 194 g/mol. The molecule has 0 aliphatic rings. The Morgan fingerprint density at radius 2 is 2.07 bits per heavy atom. The van der Waals surface area contributed by atoms with Gasteiger partial charge in [-0.25, -0.2) is 0 Å². The Labute approximate surface area is 88.7 Å². The largest absolute Gasteiger partial charge is 0.544 e. The highest BCUT2D eigenvalue weighted by molar-refractivity contribution is 5.69. The van der Waals surface area contributed by atoms with Crippen LogP contribution in [0.15, 0.2) is 30.3 Å². The lowest BCUT2D eigenvalue weighted by Crippen LogP contribution is -2.72. The number of hydrogen-bond donors (Lipinski definition) is 1. The number of carbonyl (C=O) groups is 1. The highest BCUT2D eigenvalue weighted by Gasteiger charge is 2.17. The smallest absolute Gasteiger partial charge is 0.151 e. The molecule has 4 heteroatoms. The molecule has 82 valence electrons. The van der Waals surface area contributed by atoms with E-state index >= 15 is 0 Å². The molecule has 15 heavy (non-hydrogen) atoms. The molecule has 0 saturated heterocycles. The molecule has 1 aromatic carbocycles. The molecule has 1 aromatic rings. The van der Waals surface area contributed by atoms with Crippen molar-refractivity contribution < 1.29 is 20.4 Å². The van der Waals surface area contributed by atoms with Crippen molar-refractivity contribution in [1.82, 2.24) is 0 Å². The fourth-order valence-electron chi connectivity index (χ4n) is 1.11. The molecule has 0 radical (unpaired) electrons. The summed E-state index contributed by atoms with van der Waals surface area (Å²) in [6.07, 6.45) is -0.449. The fourth-order valence-corrected chi connectivity index (χ4v) is 1.11. The van der Waals surface area contributed by atoms with Crippen molar-refractivity contribution in [3.05, 3.63) is 35.9 Å². The molecule has 0 unspecified atom stereocenters. The monoisotopic (exact) mass is 209 g/mol. The van der Waals surface area contributed by atoms with Gasteiger partial charge in [0, 0.05) is 0 Å². The number of quaternary nitrogens is 1. The van der Waals surface area contributed by atoms with Crippen LogP contribution in [-0.2, 0) is 16.1 Å². The van der Waals surface area contributed by atoms with E-state index in [4.69, 9.17) is 4.74 Å². The number of aliphatic carboxylic acids is 1. The predicted octanol–water partition coefficient (Wildman–Crippen LogP) is -1.05. The molecule has 0 saturated carbocycles. The topological polar surface area (TPSA) is 77.0 Å². The van der Waals surface area contributed by atoms with Gasteiger partial charge in [-0.15, -0.1) is 0 Å². The lowest BCUT2D eigenvalue weighted by Gasteiger charge is -2.18. The molecule has 0 aromatic heterocycles. The average molecular weight is 209 g/mol. The first-order valence-corrected chi connectivity index (χ1v) is 4.80. The van der Waals surface area contributed by atoms with Crippen LogP contribution in [0.4, 0.5) is 0 Å². The number of carboxylic acids is 1. The summed E-state index contributed by atoms with van der Waals surface area (Å²) in [5.41, 5.74) is 4.47. The van der Waals surface area contributed by atoms with E-state index in [1.807, 2.05) is 30.3 Å². The number of benzene rings is 1. The van der Waals surface area contributed by atoms with E-state index in [1.165, 1.54) is 0 Å². The van der Waals surface area contributed by atoms with E-state index in [0.717, 1.165) is 5.56 Å². The van der Waals surface area contributed by atoms with E-state index in [-0.39, 0.29) is 0 Å². The van der Waals surface area contributed by atoms with Crippen LogP contribution in [0.1, 0.15) is 12.5 Å². The van der Waals surface area contributed by atoms with Crippen LogP contribution in [0.3, 0.4) is 0 Å². The highest BCUT2D eigenvalue weighted by atomic mass is 16.5. The second-order valence-corrected chi connectivity index (χ2v) is 3.43. The van der Waals surface area contributed by atoms with Crippen LogP contribution in [0.5, 0.6) is 0 Å². The summed E-state index contributed by atoms with van der Waals surface area (Å²) in [6, 6.07) is 8.73. The van der Waals surface area contributed by atoms with Gasteiger partial charge < -0.3 is 20.4 Å². The minimum absolute atomic E-state index is 0.390. The summed E-state index contributed by atoms with van der Waals surface area (Å²) in [6.45, 7) is 2.07. The molecule has 0 amide bonds. The Kier molecular flexibility index (Phi) is 4.27. The van der Waals surface area contributed by atoms with Crippen molar-refractivity contribution in [3.8, 4) is 0 Å². The summed E-state index contributed by atoms with van der Waals surface area (Å²) in [5.74, 6) is -1.18. The van der Waals surface area contributed by atoms with Gasteiger partial charge >= 0.3 is 0 Å². The third-order valence-corrected chi connectivity index (χ3v) is 2.23. The zero-order valence-corrected chi connectivity index (χ0v) is 8.68. The number of hydrogen-bond acceptors (Lipinski definition) is 3. The van der Waals surface area contributed by atoms with Crippen molar-refractivity contribution in [2.75, 3.05) is 0 Å². The van der Waals surface area contributed by atoms with Crippen molar-refractivity contribution in [3.63, 3.8) is 0 Å². The van der Waals surface area contributed by atoms with Gasteiger partial charge in [0.25, 0.3) is 0 Å². The molecule has 0 bridgehead atoms. The SMILES string of the molecule is C[C@H](OCc1ccccc1)[C@@H]([NH3+])C(=O)[O-]. The van der Waals surface area contributed by atoms with Crippen LogP contribution in [0, 0.1) is 0 Å². The summed E-state index contributed by atoms with van der Waals surface area (Å²) in [4.78, 5) is 10.5. The van der Waals surface area contributed by atoms with Gasteiger partial charge in [-0.05, 0) is 12.5 Å².